The van der Waals surface area contributed by atoms with Crippen LogP contribution in [0.2, 0.25) is 0 Å². The fourth-order valence-corrected chi connectivity index (χ4v) is 6.12. The van der Waals surface area contributed by atoms with Gasteiger partial charge in [-0.3, -0.25) is 9.69 Å². The summed E-state index contributed by atoms with van der Waals surface area (Å²) in [6.07, 6.45) is 5.99. The molecule has 1 amide bonds. The van der Waals surface area contributed by atoms with Gasteiger partial charge in [-0.25, -0.2) is 0 Å². The van der Waals surface area contributed by atoms with E-state index < -0.39 is 0 Å². The number of benzene rings is 1. The molecule has 1 aliphatic heterocycles. The number of thiophene rings is 1. The number of carbonyl (C=O) groups is 1. The van der Waals surface area contributed by atoms with Crippen LogP contribution in [-0.2, 0) is 17.6 Å². The number of anilines is 1. The quantitative estimate of drug-likeness (QED) is 0.576. The van der Waals surface area contributed by atoms with Crippen molar-refractivity contribution in [1.82, 2.24) is 4.90 Å². The zero-order valence-corrected chi connectivity index (χ0v) is 19.1. The molecule has 1 aromatic carbocycles. The van der Waals surface area contributed by atoms with Crippen LogP contribution in [-0.4, -0.2) is 44.2 Å². The molecule has 1 fully saturated rings. The van der Waals surface area contributed by atoms with E-state index in [0.717, 1.165) is 42.2 Å². The summed E-state index contributed by atoms with van der Waals surface area (Å²) in [5.74, 6) is 0.973. The summed E-state index contributed by atoms with van der Waals surface area (Å²) in [7, 11) is 1.72. The van der Waals surface area contributed by atoms with Gasteiger partial charge < -0.3 is 19.2 Å². The first-order valence-corrected chi connectivity index (χ1v) is 12.0. The van der Waals surface area contributed by atoms with E-state index in [9.17, 15) is 4.79 Å². The second-order valence-corrected chi connectivity index (χ2v) is 9.28. The van der Waals surface area contributed by atoms with Gasteiger partial charge >= 0.3 is 0 Å². The van der Waals surface area contributed by atoms with E-state index in [4.69, 9.17) is 13.9 Å². The molecular formula is C25H28N2O4S. The number of morpholine rings is 1. The molecule has 1 atom stereocenters. The monoisotopic (exact) mass is 452 g/mol. The Kier molecular flexibility index (Phi) is 6.30. The molecule has 5 rings (SSSR count). The van der Waals surface area contributed by atoms with E-state index in [1.54, 1.807) is 30.6 Å². The highest BCUT2D eigenvalue weighted by Crippen LogP contribution is 2.47. The van der Waals surface area contributed by atoms with Crippen molar-refractivity contribution in [1.29, 1.82) is 0 Å². The molecule has 0 unspecified atom stereocenters. The zero-order chi connectivity index (χ0) is 21.9. The molecule has 1 saturated heterocycles. The van der Waals surface area contributed by atoms with E-state index in [-0.39, 0.29) is 11.9 Å². The third-order valence-corrected chi connectivity index (χ3v) is 7.53. The number of amides is 1. The van der Waals surface area contributed by atoms with Gasteiger partial charge in [0.15, 0.2) is 5.76 Å². The Bertz CT molecular complexity index is 1070. The normalized spacial score (nSPS) is 17.5. The highest BCUT2D eigenvalue weighted by Gasteiger charge is 2.34. The van der Waals surface area contributed by atoms with Crippen LogP contribution in [0, 0.1) is 0 Å². The van der Waals surface area contributed by atoms with E-state index in [0.29, 0.717) is 19.0 Å². The molecule has 1 N–H and O–H groups in total. The maximum atomic E-state index is 12.9. The van der Waals surface area contributed by atoms with Crippen LogP contribution in [0.4, 0.5) is 5.00 Å². The van der Waals surface area contributed by atoms with Gasteiger partial charge in [-0.05, 0) is 49.4 Å². The van der Waals surface area contributed by atoms with Crippen molar-refractivity contribution in [3.8, 4) is 5.75 Å². The zero-order valence-electron chi connectivity index (χ0n) is 18.3. The average molecular weight is 453 g/mol. The Morgan fingerprint density at radius 1 is 1.12 bits per heavy atom. The maximum absolute atomic E-state index is 12.9. The molecule has 0 saturated carbocycles. The van der Waals surface area contributed by atoms with Crippen LogP contribution >= 0.6 is 11.3 Å². The number of nitrogens with one attached hydrogen (secondary N) is 1. The van der Waals surface area contributed by atoms with Gasteiger partial charge in [0.1, 0.15) is 10.8 Å². The van der Waals surface area contributed by atoms with Gasteiger partial charge in [0.25, 0.3) is 5.91 Å². The first-order valence-electron chi connectivity index (χ1n) is 11.2. The van der Waals surface area contributed by atoms with Crippen molar-refractivity contribution < 1.29 is 18.7 Å². The maximum Gasteiger partial charge on any atom is 0.291 e. The summed E-state index contributed by atoms with van der Waals surface area (Å²) < 4.78 is 16.8. The Morgan fingerprint density at radius 3 is 2.72 bits per heavy atom. The van der Waals surface area contributed by atoms with Gasteiger partial charge in [0.2, 0.25) is 0 Å². The lowest BCUT2D eigenvalue weighted by molar-refractivity contribution is 0.0235. The van der Waals surface area contributed by atoms with Crippen molar-refractivity contribution in [2.24, 2.45) is 0 Å². The fraction of sp³-hybridized carbons (Fsp3) is 0.400. The number of hydrogen-bond donors (Lipinski definition) is 1. The summed E-state index contributed by atoms with van der Waals surface area (Å²) in [5, 5.41) is 4.10. The Labute approximate surface area is 192 Å². The van der Waals surface area contributed by atoms with Gasteiger partial charge in [-0.2, -0.15) is 0 Å². The second-order valence-electron chi connectivity index (χ2n) is 8.18. The second kappa shape index (κ2) is 9.48. The third kappa shape index (κ3) is 4.08. The minimum Gasteiger partial charge on any atom is -0.496 e. The van der Waals surface area contributed by atoms with Crippen LogP contribution in [0.15, 0.2) is 47.1 Å². The molecule has 6 nitrogen and oxygen atoms in total. The largest absolute Gasteiger partial charge is 0.496 e. The number of rotatable bonds is 6. The number of para-hydroxylation sites is 1. The molecule has 168 valence electrons. The summed E-state index contributed by atoms with van der Waals surface area (Å²) in [6, 6.07) is 11.6. The van der Waals surface area contributed by atoms with E-state index in [2.05, 4.69) is 22.3 Å². The van der Waals surface area contributed by atoms with E-state index in [1.165, 1.54) is 35.1 Å². The highest BCUT2D eigenvalue weighted by atomic mass is 32.1. The standard InChI is InChI=1S/C25H28N2O4S/c1-29-19-9-4-2-7-17(19)23(27-12-15-30-16-13-27)22-18-8-3-5-11-21(18)32-25(22)26-24(28)20-10-6-14-31-20/h2,4,6-7,9-10,14,23H,3,5,8,11-13,15-16H2,1H3,(H,26,28)/t23-/m0/s1. The number of hydrogen-bond acceptors (Lipinski definition) is 6. The molecule has 2 aromatic heterocycles. The molecule has 32 heavy (non-hydrogen) atoms. The van der Waals surface area contributed by atoms with Crippen molar-refractivity contribution in [3.63, 3.8) is 0 Å². The third-order valence-electron chi connectivity index (χ3n) is 6.30. The lowest BCUT2D eigenvalue weighted by Crippen LogP contribution is -2.40. The van der Waals surface area contributed by atoms with Crippen LogP contribution in [0.5, 0.6) is 5.75 Å². The summed E-state index contributed by atoms with van der Waals surface area (Å²) >= 11 is 1.72. The smallest absolute Gasteiger partial charge is 0.291 e. The Balaban J connectivity index is 1.64. The van der Waals surface area contributed by atoms with Gasteiger partial charge in [0, 0.05) is 29.1 Å². The minimum absolute atomic E-state index is 0.0138. The van der Waals surface area contributed by atoms with Gasteiger partial charge in [0.05, 0.1) is 32.6 Å². The molecule has 3 heterocycles. The molecular weight excluding hydrogens is 424 g/mol. The molecule has 0 spiro atoms. The number of fused-ring (bicyclic) bond motifs is 1. The predicted molar refractivity (Wildman–Crippen MR) is 125 cm³/mol. The van der Waals surface area contributed by atoms with Crippen molar-refractivity contribution in [2.45, 2.75) is 31.7 Å². The lowest BCUT2D eigenvalue weighted by atomic mass is 9.88. The average Bonchev–Trinajstić information content (AvgIpc) is 3.49. The first kappa shape index (κ1) is 21.2. The molecule has 1 aliphatic carbocycles. The SMILES string of the molecule is COc1ccccc1[C@@H](c1c(NC(=O)c2ccco2)sc2c1CCCC2)N1CCOCC1. The van der Waals surface area contributed by atoms with Gasteiger partial charge in [-0.15, -0.1) is 11.3 Å². The van der Waals surface area contributed by atoms with Crippen molar-refractivity contribution in [2.75, 3.05) is 38.7 Å². The first-order chi connectivity index (χ1) is 15.8. The number of nitrogens with zero attached hydrogens (tertiary/aromatic N) is 1. The molecule has 0 bridgehead atoms. The number of methoxy groups -OCH3 is 1. The number of ether oxygens (including phenoxy) is 2. The lowest BCUT2D eigenvalue weighted by Gasteiger charge is -2.36. The highest BCUT2D eigenvalue weighted by molar-refractivity contribution is 7.16. The van der Waals surface area contributed by atoms with Crippen molar-refractivity contribution in [3.05, 3.63) is 70.0 Å². The summed E-state index contributed by atoms with van der Waals surface area (Å²) in [5.41, 5.74) is 3.71. The van der Waals surface area contributed by atoms with Crippen LogP contribution in [0.1, 0.15) is 51.0 Å². The van der Waals surface area contributed by atoms with Crippen LogP contribution < -0.4 is 10.1 Å². The number of carbonyl (C=O) groups excluding carboxylic acids is 1. The topological polar surface area (TPSA) is 63.9 Å². The summed E-state index contributed by atoms with van der Waals surface area (Å²) in [6.45, 7) is 3.07. The molecule has 7 heteroatoms. The van der Waals surface area contributed by atoms with Gasteiger partial charge in [-0.1, -0.05) is 18.2 Å². The van der Waals surface area contributed by atoms with E-state index >= 15 is 0 Å². The van der Waals surface area contributed by atoms with Crippen molar-refractivity contribution >= 4 is 22.2 Å². The van der Waals surface area contributed by atoms with Crippen LogP contribution in [0.25, 0.3) is 0 Å². The fourth-order valence-electron chi connectivity index (χ4n) is 4.81. The van der Waals surface area contributed by atoms with E-state index in [1.807, 2.05) is 12.1 Å². The number of furan rings is 1. The number of aryl methyl sites for hydroxylation is 1. The summed E-state index contributed by atoms with van der Waals surface area (Å²) in [4.78, 5) is 16.8. The Morgan fingerprint density at radius 2 is 1.94 bits per heavy atom. The molecule has 3 aromatic rings. The Hall–Kier alpha value is -2.61. The predicted octanol–water partition coefficient (Wildman–Crippen LogP) is 4.90. The minimum atomic E-state index is -0.212. The molecule has 0 radical (unpaired) electrons. The molecule has 2 aliphatic rings. The van der Waals surface area contributed by atoms with Crippen LogP contribution in [0.3, 0.4) is 0 Å².